The molecule has 0 fully saturated rings. The molecule has 1 unspecified atom stereocenters. The molecule has 0 aliphatic heterocycles. The second kappa shape index (κ2) is 6.03. The van der Waals surface area contributed by atoms with Crippen molar-refractivity contribution < 1.29 is 19.1 Å². The molecule has 0 saturated heterocycles. The molecule has 0 aliphatic rings. The first-order valence-electron chi connectivity index (χ1n) is 6.40. The van der Waals surface area contributed by atoms with Crippen molar-refractivity contribution in [3.63, 3.8) is 0 Å². The molecule has 4 nitrogen and oxygen atoms in total. The summed E-state index contributed by atoms with van der Waals surface area (Å²) >= 11 is 0. The highest BCUT2D eigenvalue weighted by Crippen LogP contribution is 2.26. The molecule has 1 amide bonds. The number of likely N-dealkylation sites (N-methyl/N-ethyl adjacent to an activating group) is 1. The van der Waals surface area contributed by atoms with Crippen LogP contribution in [0.4, 0.5) is 4.39 Å². The smallest absolute Gasteiger partial charge is 0.308 e. The van der Waals surface area contributed by atoms with Crippen LogP contribution in [0.3, 0.4) is 0 Å². The molecule has 20 heavy (non-hydrogen) atoms. The van der Waals surface area contributed by atoms with E-state index >= 15 is 0 Å². The van der Waals surface area contributed by atoms with Gasteiger partial charge in [-0.1, -0.05) is 19.1 Å². The van der Waals surface area contributed by atoms with Gasteiger partial charge in [0.25, 0.3) is 0 Å². The van der Waals surface area contributed by atoms with E-state index in [-0.39, 0.29) is 12.5 Å². The van der Waals surface area contributed by atoms with Crippen LogP contribution >= 0.6 is 0 Å². The molecule has 1 atom stereocenters. The predicted octanol–water partition coefficient (Wildman–Crippen LogP) is 2.28. The number of amides is 1. The lowest BCUT2D eigenvalue weighted by molar-refractivity contribution is -0.143. The van der Waals surface area contributed by atoms with Crippen LogP contribution in [0.2, 0.25) is 0 Å². The maximum atomic E-state index is 13.3. The molecule has 0 spiro atoms. The molecule has 1 aromatic rings. The maximum absolute atomic E-state index is 13.3. The van der Waals surface area contributed by atoms with Gasteiger partial charge >= 0.3 is 5.97 Å². The number of carbonyl (C=O) groups excluding carboxylic acids is 1. The summed E-state index contributed by atoms with van der Waals surface area (Å²) in [5, 5.41) is 8.88. The number of carbonyl (C=O) groups is 2. The van der Waals surface area contributed by atoms with Crippen LogP contribution < -0.4 is 0 Å². The zero-order chi connectivity index (χ0) is 15.5. The van der Waals surface area contributed by atoms with Gasteiger partial charge in [0.1, 0.15) is 5.82 Å². The molecule has 0 heterocycles. The molecule has 0 aromatic heterocycles. The van der Waals surface area contributed by atoms with Crippen LogP contribution in [-0.4, -0.2) is 35.5 Å². The summed E-state index contributed by atoms with van der Waals surface area (Å²) in [7, 11) is 1.56. The number of hydrogen-bond acceptors (Lipinski definition) is 2. The normalized spacial score (nSPS) is 12.8. The quantitative estimate of drug-likeness (QED) is 0.900. The Morgan fingerprint density at radius 1 is 1.40 bits per heavy atom. The van der Waals surface area contributed by atoms with Crippen molar-refractivity contribution in [3.8, 4) is 0 Å². The van der Waals surface area contributed by atoms with E-state index in [4.69, 9.17) is 5.11 Å². The number of rotatable bonds is 5. The number of carboxylic acid groups (broad SMARTS) is 1. The average Bonchev–Trinajstić information content (AvgIpc) is 2.37. The van der Waals surface area contributed by atoms with E-state index in [9.17, 15) is 14.0 Å². The summed E-state index contributed by atoms with van der Waals surface area (Å²) in [4.78, 5) is 24.7. The second-order valence-electron chi connectivity index (χ2n) is 5.56. The van der Waals surface area contributed by atoms with Crippen molar-refractivity contribution in [1.29, 1.82) is 0 Å². The van der Waals surface area contributed by atoms with Gasteiger partial charge < -0.3 is 10.0 Å². The fraction of sp³-hybridized carbons (Fsp3) is 0.467. The van der Waals surface area contributed by atoms with Crippen LogP contribution in [0.25, 0.3) is 0 Å². The van der Waals surface area contributed by atoms with E-state index in [1.165, 1.54) is 17.0 Å². The van der Waals surface area contributed by atoms with E-state index < -0.39 is 23.1 Å². The zero-order valence-electron chi connectivity index (χ0n) is 12.2. The average molecular weight is 281 g/mol. The van der Waals surface area contributed by atoms with Crippen molar-refractivity contribution in [1.82, 2.24) is 4.90 Å². The van der Waals surface area contributed by atoms with Gasteiger partial charge in [-0.25, -0.2) is 4.39 Å². The molecule has 110 valence electrons. The third-order valence-electron chi connectivity index (χ3n) is 3.40. The third kappa shape index (κ3) is 3.56. The van der Waals surface area contributed by atoms with Crippen LogP contribution in [0, 0.1) is 11.7 Å². The van der Waals surface area contributed by atoms with E-state index in [0.29, 0.717) is 5.56 Å². The summed E-state index contributed by atoms with van der Waals surface area (Å²) in [6, 6.07) is 5.89. The molecule has 0 radical (unpaired) electrons. The number of carboxylic acids is 1. The van der Waals surface area contributed by atoms with Gasteiger partial charge in [0, 0.05) is 13.6 Å². The molecular weight excluding hydrogens is 261 g/mol. The summed E-state index contributed by atoms with van der Waals surface area (Å²) in [5.41, 5.74) is -0.341. The highest BCUT2D eigenvalue weighted by molar-refractivity contribution is 5.87. The third-order valence-corrected chi connectivity index (χ3v) is 3.40. The van der Waals surface area contributed by atoms with Crippen LogP contribution in [-0.2, 0) is 15.0 Å². The van der Waals surface area contributed by atoms with Gasteiger partial charge in [0.2, 0.25) is 5.91 Å². The van der Waals surface area contributed by atoms with Crippen LogP contribution in [0.15, 0.2) is 24.3 Å². The van der Waals surface area contributed by atoms with Crippen molar-refractivity contribution in [3.05, 3.63) is 35.6 Å². The number of benzene rings is 1. The highest BCUT2D eigenvalue weighted by Gasteiger charge is 2.33. The van der Waals surface area contributed by atoms with Gasteiger partial charge in [0.05, 0.1) is 11.3 Å². The minimum Gasteiger partial charge on any atom is -0.481 e. The zero-order valence-corrected chi connectivity index (χ0v) is 12.2. The van der Waals surface area contributed by atoms with Crippen molar-refractivity contribution in [2.45, 2.75) is 26.2 Å². The summed E-state index contributed by atoms with van der Waals surface area (Å²) in [6.45, 7) is 5.06. The first kappa shape index (κ1) is 16.1. The molecule has 1 rings (SSSR count). The molecule has 1 aromatic carbocycles. The Hall–Kier alpha value is -1.91. The molecule has 0 bridgehead atoms. The van der Waals surface area contributed by atoms with E-state index in [1.807, 2.05) is 0 Å². The Bertz CT molecular complexity index is 514. The Balaban J connectivity index is 2.91. The van der Waals surface area contributed by atoms with Gasteiger partial charge in [-0.15, -0.1) is 0 Å². The van der Waals surface area contributed by atoms with Crippen molar-refractivity contribution >= 4 is 11.9 Å². The fourth-order valence-electron chi connectivity index (χ4n) is 2.05. The van der Waals surface area contributed by atoms with Gasteiger partial charge in [0.15, 0.2) is 0 Å². The van der Waals surface area contributed by atoms with E-state index in [1.54, 1.807) is 40.0 Å². The topological polar surface area (TPSA) is 57.6 Å². The number of nitrogens with zero attached hydrogens (tertiary/aromatic N) is 1. The maximum Gasteiger partial charge on any atom is 0.308 e. The van der Waals surface area contributed by atoms with Gasteiger partial charge in [-0.3, -0.25) is 9.59 Å². The lowest BCUT2D eigenvalue weighted by Gasteiger charge is -2.30. The summed E-state index contributed by atoms with van der Waals surface area (Å²) < 4.78 is 13.3. The van der Waals surface area contributed by atoms with Crippen LogP contribution in [0.1, 0.15) is 26.3 Å². The number of hydrogen-bond donors (Lipinski definition) is 1. The minimum atomic E-state index is -0.951. The molecular formula is C15H20FNO3. The van der Waals surface area contributed by atoms with E-state index in [0.717, 1.165) is 0 Å². The first-order valence-corrected chi connectivity index (χ1v) is 6.40. The Labute approximate surface area is 118 Å². The highest BCUT2D eigenvalue weighted by atomic mass is 19.1. The monoisotopic (exact) mass is 281 g/mol. The number of aliphatic carboxylic acids is 1. The van der Waals surface area contributed by atoms with Crippen LogP contribution in [0.5, 0.6) is 0 Å². The first-order chi connectivity index (χ1) is 9.16. The molecule has 0 saturated carbocycles. The van der Waals surface area contributed by atoms with Crippen molar-refractivity contribution in [2.75, 3.05) is 13.6 Å². The molecule has 1 N–H and O–H groups in total. The second-order valence-corrected chi connectivity index (χ2v) is 5.56. The SMILES string of the molecule is CC(CN(C)C(=O)C(C)(C)c1cccc(F)c1)C(=O)O. The molecule has 5 heteroatoms. The van der Waals surface area contributed by atoms with Crippen molar-refractivity contribution in [2.24, 2.45) is 5.92 Å². The lowest BCUT2D eigenvalue weighted by atomic mass is 9.83. The summed E-state index contributed by atoms with van der Waals surface area (Å²) in [5.74, 6) is -2.23. The summed E-state index contributed by atoms with van der Waals surface area (Å²) in [6.07, 6.45) is 0. The van der Waals surface area contributed by atoms with Gasteiger partial charge in [-0.05, 0) is 31.5 Å². The fourth-order valence-corrected chi connectivity index (χ4v) is 2.05. The molecule has 0 aliphatic carbocycles. The standard InChI is InChI=1S/C15H20FNO3/c1-10(13(18)19)9-17(4)14(20)15(2,3)11-6-5-7-12(16)8-11/h5-8,10H,9H2,1-4H3,(H,18,19). The minimum absolute atomic E-state index is 0.118. The predicted molar refractivity (Wildman–Crippen MR) is 73.9 cm³/mol. The Morgan fingerprint density at radius 2 is 2.00 bits per heavy atom. The Morgan fingerprint density at radius 3 is 2.50 bits per heavy atom. The van der Waals surface area contributed by atoms with E-state index in [2.05, 4.69) is 0 Å². The Kier molecular flexibility index (Phi) is 4.87. The van der Waals surface area contributed by atoms with Gasteiger partial charge in [-0.2, -0.15) is 0 Å². The lowest BCUT2D eigenvalue weighted by Crippen LogP contribution is -2.44. The largest absolute Gasteiger partial charge is 0.481 e. The number of halogens is 1.